The first-order valence-electron chi connectivity index (χ1n) is 10.3. The number of ether oxygens (including phenoxy) is 1. The lowest BCUT2D eigenvalue weighted by Gasteiger charge is -2.29. The number of hydrogen-bond acceptors (Lipinski definition) is 5. The first-order chi connectivity index (χ1) is 15.2. The average molecular weight is 449 g/mol. The van der Waals surface area contributed by atoms with Gasteiger partial charge in [0.05, 0.1) is 12.2 Å². The number of nitrogens with zero attached hydrogens (tertiary/aromatic N) is 3. The molecule has 0 spiro atoms. The maximum absolute atomic E-state index is 12.7. The number of amides is 1. The molecule has 2 unspecified atom stereocenters. The number of rotatable bonds is 5. The Kier molecular flexibility index (Phi) is 5.90. The van der Waals surface area contributed by atoms with Crippen LogP contribution in [0.3, 0.4) is 0 Å². The van der Waals surface area contributed by atoms with E-state index in [0.717, 1.165) is 19.3 Å². The number of hydrogen-bond donors (Lipinski definition) is 2. The number of H-pyrrole nitrogens is 1. The van der Waals surface area contributed by atoms with Crippen molar-refractivity contribution in [2.75, 3.05) is 0 Å². The summed E-state index contributed by atoms with van der Waals surface area (Å²) in [5.41, 5.74) is 0.188. The fraction of sp³-hybridized carbons (Fsp3) is 0.429. The van der Waals surface area contributed by atoms with Gasteiger partial charge in [0.1, 0.15) is 17.0 Å². The number of fused-ring (bicyclic) bond motifs is 1. The number of carbonyl (C=O) groups is 1. The molecule has 1 amide bonds. The summed E-state index contributed by atoms with van der Waals surface area (Å²) in [7, 11) is 0. The van der Waals surface area contributed by atoms with Crippen LogP contribution in [-0.2, 0) is 11.2 Å². The van der Waals surface area contributed by atoms with Crippen molar-refractivity contribution in [3.8, 4) is 5.75 Å². The van der Waals surface area contributed by atoms with Crippen LogP contribution >= 0.6 is 0 Å². The van der Waals surface area contributed by atoms with Crippen molar-refractivity contribution in [3.05, 3.63) is 52.2 Å². The van der Waals surface area contributed by atoms with Gasteiger partial charge >= 0.3 is 6.36 Å². The molecule has 1 aliphatic rings. The molecule has 0 bridgehead atoms. The molecule has 0 saturated heterocycles. The van der Waals surface area contributed by atoms with E-state index in [2.05, 4.69) is 25.1 Å². The molecule has 1 aliphatic carbocycles. The maximum atomic E-state index is 12.7. The number of nitrogens with one attached hydrogen (secondary N) is 2. The van der Waals surface area contributed by atoms with Crippen LogP contribution in [0.5, 0.6) is 5.75 Å². The van der Waals surface area contributed by atoms with E-state index < -0.39 is 11.9 Å². The Labute approximate surface area is 180 Å². The van der Waals surface area contributed by atoms with Crippen LogP contribution < -0.4 is 15.6 Å². The smallest absolute Gasteiger partial charge is 0.405 e. The molecule has 2 aromatic heterocycles. The van der Waals surface area contributed by atoms with Crippen molar-refractivity contribution in [1.82, 2.24) is 25.1 Å². The minimum atomic E-state index is -4.83. The Hall–Kier alpha value is -3.37. The number of para-hydroxylation sites is 1. The summed E-state index contributed by atoms with van der Waals surface area (Å²) in [6, 6.07) is 5.69. The lowest BCUT2D eigenvalue weighted by atomic mass is 9.91. The number of halogens is 3. The van der Waals surface area contributed by atoms with Gasteiger partial charge in [0, 0.05) is 24.9 Å². The zero-order valence-electron chi connectivity index (χ0n) is 17.3. The van der Waals surface area contributed by atoms with Gasteiger partial charge in [-0.05, 0) is 31.7 Å². The second-order valence-electron chi connectivity index (χ2n) is 7.89. The number of benzene rings is 1. The number of aromatic nitrogens is 4. The van der Waals surface area contributed by atoms with Crippen LogP contribution in [0.2, 0.25) is 0 Å². The van der Waals surface area contributed by atoms with Crippen molar-refractivity contribution < 1.29 is 22.7 Å². The fourth-order valence-corrected chi connectivity index (χ4v) is 4.19. The Morgan fingerprint density at radius 3 is 2.84 bits per heavy atom. The molecule has 1 aromatic carbocycles. The lowest BCUT2D eigenvalue weighted by Crippen LogP contribution is -2.37. The van der Waals surface area contributed by atoms with Crippen LogP contribution in [0, 0.1) is 0 Å². The second-order valence-corrected chi connectivity index (χ2v) is 7.89. The molecule has 2 heterocycles. The maximum Gasteiger partial charge on any atom is 0.573 e. The summed E-state index contributed by atoms with van der Waals surface area (Å²) in [5.74, 6) is -0.240. The molecule has 0 radical (unpaired) electrons. The summed E-state index contributed by atoms with van der Waals surface area (Å²) in [4.78, 5) is 31.2. The lowest BCUT2D eigenvalue weighted by molar-refractivity contribution is -0.274. The van der Waals surface area contributed by atoms with E-state index >= 15 is 0 Å². The Morgan fingerprint density at radius 2 is 2.09 bits per heavy atom. The molecule has 1 fully saturated rings. The van der Waals surface area contributed by atoms with Gasteiger partial charge in [-0.1, -0.05) is 18.2 Å². The second kappa shape index (κ2) is 8.64. The van der Waals surface area contributed by atoms with E-state index in [0.29, 0.717) is 17.5 Å². The molecule has 11 heteroatoms. The highest BCUT2D eigenvalue weighted by Gasteiger charge is 2.32. The summed E-state index contributed by atoms with van der Waals surface area (Å²) in [5, 5.41) is 7.58. The van der Waals surface area contributed by atoms with Crippen molar-refractivity contribution in [2.24, 2.45) is 0 Å². The van der Waals surface area contributed by atoms with E-state index in [1.165, 1.54) is 31.3 Å². The zero-order chi connectivity index (χ0) is 22.9. The molecule has 170 valence electrons. The normalized spacial score (nSPS) is 19.1. The van der Waals surface area contributed by atoms with E-state index in [9.17, 15) is 22.8 Å². The Bertz CT molecular complexity index is 1190. The highest BCUT2D eigenvalue weighted by Crippen LogP contribution is 2.30. The average Bonchev–Trinajstić information content (AvgIpc) is 3.13. The van der Waals surface area contributed by atoms with Gasteiger partial charge in [-0.2, -0.15) is 5.10 Å². The third-order valence-corrected chi connectivity index (χ3v) is 5.47. The largest absolute Gasteiger partial charge is 0.573 e. The highest BCUT2D eigenvalue weighted by atomic mass is 19.4. The fourth-order valence-electron chi connectivity index (χ4n) is 4.19. The molecule has 8 nitrogen and oxygen atoms in total. The van der Waals surface area contributed by atoms with Crippen LogP contribution in [0.1, 0.15) is 50.0 Å². The third kappa shape index (κ3) is 4.92. The van der Waals surface area contributed by atoms with Gasteiger partial charge in [-0.3, -0.25) is 9.59 Å². The van der Waals surface area contributed by atoms with Gasteiger partial charge in [0.15, 0.2) is 5.65 Å². The van der Waals surface area contributed by atoms with Crippen molar-refractivity contribution in [3.63, 3.8) is 0 Å². The van der Waals surface area contributed by atoms with Crippen molar-refractivity contribution in [2.45, 2.75) is 57.5 Å². The minimum absolute atomic E-state index is 0.0124. The van der Waals surface area contributed by atoms with Gasteiger partial charge in [0.25, 0.3) is 5.56 Å². The van der Waals surface area contributed by atoms with Gasteiger partial charge in [0.2, 0.25) is 5.91 Å². The number of aromatic amines is 1. The first kappa shape index (κ1) is 21.8. The molecular weight excluding hydrogens is 427 g/mol. The van der Waals surface area contributed by atoms with E-state index in [4.69, 9.17) is 0 Å². The minimum Gasteiger partial charge on any atom is -0.405 e. The van der Waals surface area contributed by atoms with E-state index in [1.807, 2.05) is 0 Å². The monoisotopic (exact) mass is 449 g/mol. The Morgan fingerprint density at radius 1 is 1.31 bits per heavy atom. The quantitative estimate of drug-likeness (QED) is 0.623. The van der Waals surface area contributed by atoms with Crippen molar-refractivity contribution in [1.29, 1.82) is 0 Å². The molecule has 3 aromatic rings. The van der Waals surface area contributed by atoms with E-state index in [1.54, 1.807) is 10.7 Å². The SMILES string of the molecule is CC(=O)NC1CCCC(n2ncc3c(=O)[nH]c(Cc4ccccc4OC(F)(F)F)nc32)C1. The highest BCUT2D eigenvalue weighted by molar-refractivity contribution is 5.74. The van der Waals surface area contributed by atoms with Crippen molar-refractivity contribution >= 4 is 16.9 Å². The van der Waals surface area contributed by atoms with Gasteiger partial charge in [-0.25, -0.2) is 9.67 Å². The Balaban J connectivity index is 1.65. The molecule has 4 rings (SSSR count). The van der Waals surface area contributed by atoms with E-state index in [-0.39, 0.29) is 41.5 Å². The van der Waals surface area contributed by atoms with Crippen LogP contribution in [0.25, 0.3) is 11.0 Å². The van der Waals surface area contributed by atoms with Crippen LogP contribution in [-0.4, -0.2) is 38.1 Å². The van der Waals surface area contributed by atoms with Crippen LogP contribution in [0.4, 0.5) is 13.2 Å². The van der Waals surface area contributed by atoms with Gasteiger partial charge in [-0.15, -0.1) is 13.2 Å². The van der Waals surface area contributed by atoms with Crippen LogP contribution in [0.15, 0.2) is 35.3 Å². The molecule has 0 aliphatic heterocycles. The number of alkyl halides is 3. The van der Waals surface area contributed by atoms with Gasteiger partial charge < -0.3 is 15.0 Å². The first-order valence-corrected chi connectivity index (χ1v) is 10.3. The third-order valence-electron chi connectivity index (χ3n) is 5.47. The summed E-state index contributed by atoms with van der Waals surface area (Å²) in [6.45, 7) is 1.47. The summed E-state index contributed by atoms with van der Waals surface area (Å²) < 4.78 is 44.0. The molecule has 32 heavy (non-hydrogen) atoms. The standard InChI is InChI=1S/C21H22F3N5O3/c1-12(30)26-14-6-4-7-15(10-14)29-19-16(11-25-29)20(31)28-18(27-19)9-13-5-2-3-8-17(13)32-21(22,23)24/h2-3,5,8,11,14-15H,4,6-7,9-10H2,1H3,(H,26,30)(H,27,28,31). The summed E-state index contributed by atoms with van der Waals surface area (Å²) in [6.07, 6.45) is -0.221. The summed E-state index contributed by atoms with van der Waals surface area (Å²) >= 11 is 0. The molecule has 1 saturated carbocycles. The molecular formula is C21H22F3N5O3. The predicted octanol–water partition coefficient (Wildman–Crippen LogP) is 3.23. The molecule has 2 atom stereocenters. The number of carbonyl (C=O) groups excluding carboxylic acids is 1. The topological polar surface area (TPSA) is 102 Å². The molecule has 2 N–H and O–H groups in total. The zero-order valence-corrected chi connectivity index (χ0v) is 17.3. The predicted molar refractivity (Wildman–Crippen MR) is 109 cm³/mol.